The molecular weight excluding hydrogens is 298 g/mol. The van der Waals surface area contributed by atoms with Gasteiger partial charge in [-0.15, -0.1) is 0 Å². The van der Waals surface area contributed by atoms with Crippen molar-refractivity contribution in [2.45, 2.75) is 6.18 Å². The van der Waals surface area contributed by atoms with Crippen LogP contribution in [0.15, 0.2) is 48.5 Å². The minimum atomic E-state index is -4.45. The molecule has 2 nitrogen and oxygen atoms in total. The highest BCUT2D eigenvalue weighted by molar-refractivity contribution is 5.83. The molecule has 22 heavy (non-hydrogen) atoms. The predicted octanol–water partition coefficient (Wildman–Crippen LogP) is 4.80. The lowest BCUT2D eigenvalue weighted by molar-refractivity contribution is -0.137. The zero-order valence-electron chi connectivity index (χ0n) is 11.5. The van der Waals surface area contributed by atoms with Crippen LogP contribution in [0.3, 0.4) is 0 Å². The van der Waals surface area contributed by atoms with Gasteiger partial charge in [0.05, 0.1) is 18.2 Å². The van der Waals surface area contributed by atoms with Gasteiger partial charge in [0.15, 0.2) is 5.95 Å². The van der Waals surface area contributed by atoms with Gasteiger partial charge in [0.2, 0.25) is 0 Å². The summed E-state index contributed by atoms with van der Waals surface area (Å²) in [6.07, 6.45) is -4.45. The molecule has 0 aliphatic heterocycles. The summed E-state index contributed by atoms with van der Waals surface area (Å²) in [6.45, 7) is 0. The molecule has 1 aromatic heterocycles. The van der Waals surface area contributed by atoms with E-state index in [-0.39, 0.29) is 5.39 Å². The first kappa shape index (κ1) is 14.4. The van der Waals surface area contributed by atoms with E-state index >= 15 is 0 Å². The quantitative estimate of drug-likeness (QED) is 0.620. The van der Waals surface area contributed by atoms with Crippen LogP contribution in [0.5, 0.6) is 5.75 Å². The van der Waals surface area contributed by atoms with Crippen LogP contribution >= 0.6 is 0 Å². The fourth-order valence-electron chi connectivity index (χ4n) is 2.35. The van der Waals surface area contributed by atoms with Crippen LogP contribution in [-0.4, -0.2) is 11.7 Å². The number of methoxy groups -OCH3 is 1. The second-order valence-corrected chi connectivity index (χ2v) is 4.77. The minimum Gasteiger partial charge on any atom is -0.497 e. The first-order valence-corrected chi connectivity index (χ1v) is 6.43. The highest BCUT2D eigenvalue weighted by Crippen LogP contribution is 2.33. The number of nitrogens with zero attached hydrogens (tertiary/aromatic N) is 1. The summed E-state index contributed by atoms with van der Waals surface area (Å²) < 4.78 is 58.6. The number of rotatable bonds is 2. The molecule has 0 aliphatic carbocycles. The molecule has 1 heterocycles. The molecule has 0 fully saturated rings. The van der Waals surface area contributed by atoms with E-state index in [2.05, 4.69) is 0 Å². The molecule has 3 rings (SSSR count). The van der Waals surface area contributed by atoms with Crippen molar-refractivity contribution in [1.82, 2.24) is 4.57 Å². The van der Waals surface area contributed by atoms with Crippen LogP contribution in [0.2, 0.25) is 0 Å². The third-order valence-corrected chi connectivity index (χ3v) is 3.41. The summed E-state index contributed by atoms with van der Waals surface area (Å²) in [4.78, 5) is 0. The van der Waals surface area contributed by atoms with E-state index in [1.54, 1.807) is 24.3 Å². The van der Waals surface area contributed by atoms with Gasteiger partial charge in [-0.2, -0.15) is 17.6 Å². The van der Waals surface area contributed by atoms with Crippen LogP contribution in [0.1, 0.15) is 5.56 Å². The Morgan fingerprint density at radius 2 is 1.64 bits per heavy atom. The SMILES string of the molecule is COc1ccc(-n2c(F)cc3cc(C(F)(F)F)ccc32)cc1. The highest BCUT2D eigenvalue weighted by atomic mass is 19.4. The number of aromatic nitrogens is 1. The number of halogens is 4. The zero-order chi connectivity index (χ0) is 15.9. The van der Waals surface area contributed by atoms with Crippen molar-refractivity contribution >= 4 is 10.9 Å². The molecule has 0 spiro atoms. The molecule has 0 aliphatic rings. The van der Waals surface area contributed by atoms with Gasteiger partial charge in [-0.05, 0) is 42.5 Å². The van der Waals surface area contributed by atoms with Gasteiger partial charge in [-0.1, -0.05) is 0 Å². The van der Waals surface area contributed by atoms with Crippen molar-refractivity contribution in [1.29, 1.82) is 0 Å². The predicted molar refractivity (Wildman–Crippen MR) is 74.8 cm³/mol. The maximum absolute atomic E-state index is 14.2. The summed E-state index contributed by atoms with van der Waals surface area (Å²) in [5.74, 6) is -0.0144. The van der Waals surface area contributed by atoms with Crippen molar-refractivity contribution in [2.24, 2.45) is 0 Å². The van der Waals surface area contributed by atoms with E-state index in [4.69, 9.17) is 4.74 Å². The van der Waals surface area contributed by atoms with E-state index in [0.29, 0.717) is 17.0 Å². The molecule has 0 bridgehead atoms. The zero-order valence-corrected chi connectivity index (χ0v) is 11.5. The molecule has 3 aromatic rings. The fraction of sp³-hybridized carbons (Fsp3) is 0.125. The van der Waals surface area contributed by atoms with E-state index in [9.17, 15) is 17.6 Å². The molecular formula is C16H11F4NO. The molecule has 114 valence electrons. The molecule has 0 N–H and O–H groups in total. The third kappa shape index (κ3) is 2.41. The van der Waals surface area contributed by atoms with Crippen LogP contribution < -0.4 is 4.74 Å². The Kier molecular flexibility index (Phi) is 3.31. The van der Waals surface area contributed by atoms with Gasteiger partial charge < -0.3 is 4.74 Å². The lowest BCUT2D eigenvalue weighted by Crippen LogP contribution is -2.04. The Hall–Kier alpha value is -2.50. The van der Waals surface area contributed by atoms with E-state index < -0.39 is 17.7 Å². The van der Waals surface area contributed by atoms with Gasteiger partial charge in [0.1, 0.15) is 5.75 Å². The molecule has 0 unspecified atom stereocenters. The second-order valence-electron chi connectivity index (χ2n) is 4.77. The average molecular weight is 309 g/mol. The lowest BCUT2D eigenvalue weighted by Gasteiger charge is -2.09. The van der Waals surface area contributed by atoms with Crippen LogP contribution in [-0.2, 0) is 6.18 Å². The third-order valence-electron chi connectivity index (χ3n) is 3.41. The Balaban J connectivity index is 2.15. The average Bonchev–Trinajstić information content (AvgIpc) is 2.81. The van der Waals surface area contributed by atoms with Crippen molar-refractivity contribution in [2.75, 3.05) is 7.11 Å². The summed E-state index contributed by atoms with van der Waals surface area (Å²) in [5, 5.41) is 0.197. The number of benzene rings is 2. The smallest absolute Gasteiger partial charge is 0.416 e. The highest BCUT2D eigenvalue weighted by Gasteiger charge is 2.30. The van der Waals surface area contributed by atoms with Crippen molar-refractivity contribution < 1.29 is 22.3 Å². The molecule has 0 amide bonds. The minimum absolute atomic E-state index is 0.197. The standard InChI is InChI=1S/C16H11F4NO/c1-22-13-5-3-12(4-6-13)21-14-7-2-11(16(18,19)20)8-10(14)9-15(21)17/h2-9H,1H3. The first-order valence-electron chi connectivity index (χ1n) is 6.43. The van der Waals surface area contributed by atoms with Gasteiger partial charge >= 0.3 is 6.18 Å². The topological polar surface area (TPSA) is 14.2 Å². The second kappa shape index (κ2) is 5.05. The fourth-order valence-corrected chi connectivity index (χ4v) is 2.35. The Morgan fingerprint density at radius 1 is 0.955 bits per heavy atom. The maximum Gasteiger partial charge on any atom is 0.416 e. The largest absolute Gasteiger partial charge is 0.497 e. The molecule has 0 saturated heterocycles. The summed E-state index contributed by atoms with van der Waals surface area (Å²) in [5.41, 5.74) is 0.0793. The molecule has 0 saturated carbocycles. The van der Waals surface area contributed by atoms with Gasteiger partial charge in [-0.25, -0.2) is 0 Å². The lowest BCUT2D eigenvalue weighted by atomic mass is 10.1. The van der Waals surface area contributed by atoms with Gasteiger partial charge in [0, 0.05) is 17.1 Å². The van der Waals surface area contributed by atoms with Crippen LogP contribution in [0, 0.1) is 5.95 Å². The molecule has 2 aromatic carbocycles. The summed E-state index contributed by atoms with van der Waals surface area (Å²) in [6, 6.07) is 10.8. The van der Waals surface area contributed by atoms with Gasteiger partial charge in [0.25, 0.3) is 0 Å². The maximum atomic E-state index is 14.2. The monoisotopic (exact) mass is 309 g/mol. The van der Waals surface area contributed by atoms with Crippen molar-refractivity contribution in [3.8, 4) is 11.4 Å². The number of hydrogen-bond donors (Lipinski definition) is 0. The summed E-state index contributed by atoms with van der Waals surface area (Å²) in [7, 11) is 1.51. The Morgan fingerprint density at radius 3 is 2.23 bits per heavy atom. The van der Waals surface area contributed by atoms with E-state index in [1.165, 1.54) is 17.7 Å². The Labute approximate surface area is 123 Å². The van der Waals surface area contributed by atoms with Crippen molar-refractivity contribution in [3.05, 3.63) is 60.0 Å². The molecule has 0 atom stereocenters. The molecule has 0 radical (unpaired) electrons. The number of ether oxygens (including phenoxy) is 1. The Bertz CT molecular complexity index is 819. The van der Waals surface area contributed by atoms with Gasteiger partial charge in [-0.3, -0.25) is 4.57 Å². The first-order chi connectivity index (χ1) is 10.4. The summed E-state index contributed by atoms with van der Waals surface area (Å²) >= 11 is 0. The number of alkyl halides is 3. The van der Waals surface area contributed by atoms with Crippen LogP contribution in [0.4, 0.5) is 17.6 Å². The van der Waals surface area contributed by atoms with E-state index in [1.807, 2.05) is 0 Å². The number of hydrogen-bond acceptors (Lipinski definition) is 1. The van der Waals surface area contributed by atoms with Crippen molar-refractivity contribution in [3.63, 3.8) is 0 Å². The van der Waals surface area contributed by atoms with Crippen LogP contribution in [0.25, 0.3) is 16.6 Å². The number of fused-ring (bicyclic) bond motifs is 1. The molecule has 6 heteroatoms. The normalized spacial score (nSPS) is 11.9. The van der Waals surface area contributed by atoms with E-state index in [0.717, 1.165) is 18.2 Å².